The van der Waals surface area contributed by atoms with E-state index in [9.17, 15) is 18.0 Å². The SMILES string of the molecule is CC(C)SCc1ccc(C(F)(F)F)c(C(=O)O)c1. The zero-order valence-corrected chi connectivity index (χ0v) is 10.7. The maximum absolute atomic E-state index is 12.6. The van der Waals surface area contributed by atoms with Crippen molar-refractivity contribution < 1.29 is 23.1 Å². The van der Waals surface area contributed by atoms with Crippen LogP contribution in [0.5, 0.6) is 0 Å². The third-order valence-electron chi connectivity index (χ3n) is 2.20. The van der Waals surface area contributed by atoms with Crippen LogP contribution in [-0.2, 0) is 11.9 Å². The van der Waals surface area contributed by atoms with E-state index in [1.807, 2.05) is 13.8 Å². The number of hydrogen-bond donors (Lipinski definition) is 1. The molecule has 1 N–H and O–H groups in total. The molecule has 0 spiro atoms. The molecule has 18 heavy (non-hydrogen) atoms. The van der Waals surface area contributed by atoms with Crippen LogP contribution in [0.25, 0.3) is 0 Å². The highest BCUT2D eigenvalue weighted by Gasteiger charge is 2.35. The Morgan fingerprint density at radius 2 is 2.00 bits per heavy atom. The van der Waals surface area contributed by atoms with Gasteiger partial charge in [0.1, 0.15) is 0 Å². The number of hydrogen-bond acceptors (Lipinski definition) is 2. The molecular weight excluding hydrogens is 265 g/mol. The molecule has 0 heterocycles. The first kappa shape index (κ1) is 14.9. The molecule has 6 heteroatoms. The Morgan fingerprint density at radius 3 is 2.44 bits per heavy atom. The second-order valence-corrected chi connectivity index (χ2v) is 5.61. The van der Waals surface area contributed by atoms with E-state index in [2.05, 4.69) is 0 Å². The molecule has 0 radical (unpaired) electrons. The summed E-state index contributed by atoms with van der Waals surface area (Å²) in [6.07, 6.45) is -4.64. The highest BCUT2D eigenvalue weighted by atomic mass is 32.2. The van der Waals surface area contributed by atoms with Crippen molar-refractivity contribution in [1.82, 2.24) is 0 Å². The molecule has 0 amide bonds. The highest BCUT2D eigenvalue weighted by Crippen LogP contribution is 2.33. The smallest absolute Gasteiger partial charge is 0.417 e. The van der Waals surface area contributed by atoms with Crippen molar-refractivity contribution in [3.05, 3.63) is 34.9 Å². The van der Waals surface area contributed by atoms with Gasteiger partial charge in [0.15, 0.2) is 0 Å². The lowest BCUT2D eigenvalue weighted by Crippen LogP contribution is -2.13. The number of halogens is 3. The van der Waals surface area contributed by atoms with Gasteiger partial charge in [0.2, 0.25) is 0 Å². The molecule has 0 bridgehead atoms. The van der Waals surface area contributed by atoms with Crippen LogP contribution in [0.4, 0.5) is 13.2 Å². The number of benzene rings is 1. The Labute approximate surface area is 107 Å². The quantitative estimate of drug-likeness (QED) is 0.903. The molecule has 0 aliphatic rings. The summed E-state index contributed by atoms with van der Waals surface area (Å²) in [5, 5.41) is 9.16. The molecule has 0 aromatic heterocycles. The van der Waals surface area contributed by atoms with E-state index in [0.29, 0.717) is 16.6 Å². The Hall–Kier alpha value is -1.17. The van der Waals surface area contributed by atoms with Gasteiger partial charge in [0.25, 0.3) is 0 Å². The largest absolute Gasteiger partial charge is 0.478 e. The fraction of sp³-hybridized carbons (Fsp3) is 0.417. The Balaban J connectivity index is 3.08. The Bertz CT molecular complexity index is 441. The summed E-state index contributed by atoms with van der Waals surface area (Å²) in [6.45, 7) is 3.93. The van der Waals surface area contributed by atoms with Crippen molar-refractivity contribution in [3.8, 4) is 0 Å². The average molecular weight is 278 g/mol. The van der Waals surface area contributed by atoms with Gasteiger partial charge in [-0.1, -0.05) is 19.9 Å². The normalized spacial score (nSPS) is 11.9. The van der Waals surface area contributed by atoms with Crippen LogP contribution in [0.3, 0.4) is 0 Å². The van der Waals surface area contributed by atoms with E-state index in [1.165, 1.54) is 6.07 Å². The van der Waals surface area contributed by atoms with Gasteiger partial charge in [0.05, 0.1) is 11.1 Å². The zero-order valence-electron chi connectivity index (χ0n) is 9.91. The van der Waals surface area contributed by atoms with Gasteiger partial charge in [-0.2, -0.15) is 24.9 Å². The van der Waals surface area contributed by atoms with E-state index in [0.717, 1.165) is 12.1 Å². The number of thioether (sulfide) groups is 1. The summed E-state index contributed by atoms with van der Waals surface area (Å²) < 4.78 is 37.8. The molecule has 0 aliphatic carbocycles. The number of aromatic carboxylic acids is 1. The van der Waals surface area contributed by atoms with E-state index < -0.39 is 23.3 Å². The van der Waals surface area contributed by atoms with Crippen molar-refractivity contribution >= 4 is 17.7 Å². The van der Waals surface area contributed by atoms with Crippen LogP contribution >= 0.6 is 11.8 Å². The molecule has 0 saturated carbocycles. The van der Waals surface area contributed by atoms with Crippen molar-refractivity contribution in [2.75, 3.05) is 0 Å². The summed E-state index contributed by atoms with van der Waals surface area (Å²) in [4.78, 5) is 10.9. The lowest BCUT2D eigenvalue weighted by molar-refractivity contribution is -0.138. The van der Waals surface area contributed by atoms with Gasteiger partial charge in [-0.25, -0.2) is 4.79 Å². The minimum atomic E-state index is -4.64. The molecular formula is C12H13F3O2S. The van der Waals surface area contributed by atoms with Gasteiger partial charge in [-0.05, 0) is 22.9 Å². The van der Waals surface area contributed by atoms with Gasteiger partial charge >= 0.3 is 12.1 Å². The van der Waals surface area contributed by atoms with E-state index >= 15 is 0 Å². The molecule has 0 atom stereocenters. The number of alkyl halides is 3. The number of carboxylic acid groups (broad SMARTS) is 1. The molecule has 0 fully saturated rings. The van der Waals surface area contributed by atoms with Gasteiger partial charge < -0.3 is 5.11 Å². The summed E-state index contributed by atoms with van der Waals surface area (Å²) in [7, 11) is 0. The highest BCUT2D eigenvalue weighted by molar-refractivity contribution is 7.99. The van der Waals surface area contributed by atoms with Crippen LogP contribution in [0, 0.1) is 0 Å². The zero-order chi connectivity index (χ0) is 13.9. The van der Waals surface area contributed by atoms with Crippen molar-refractivity contribution in [3.63, 3.8) is 0 Å². The lowest BCUT2D eigenvalue weighted by atomic mass is 10.0. The van der Waals surface area contributed by atoms with Gasteiger partial charge in [0, 0.05) is 5.75 Å². The van der Waals surface area contributed by atoms with E-state index in [1.54, 1.807) is 11.8 Å². The minimum absolute atomic E-state index is 0.334. The van der Waals surface area contributed by atoms with Gasteiger partial charge in [-0.15, -0.1) is 0 Å². The number of rotatable bonds is 4. The molecule has 0 unspecified atom stereocenters. The van der Waals surface area contributed by atoms with E-state index in [-0.39, 0.29) is 0 Å². The Kier molecular flexibility index (Phi) is 4.67. The van der Waals surface area contributed by atoms with Crippen molar-refractivity contribution in [2.45, 2.75) is 31.0 Å². The standard InChI is InChI=1S/C12H13F3O2S/c1-7(2)18-6-8-3-4-10(12(13,14)15)9(5-8)11(16)17/h3-5,7H,6H2,1-2H3,(H,16,17). The van der Waals surface area contributed by atoms with Crippen molar-refractivity contribution in [1.29, 1.82) is 0 Å². The molecule has 1 aromatic rings. The summed E-state index contributed by atoms with van der Waals surface area (Å²) in [6, 6.07) is 3.25. The molecule has 0 saturated heterocycles. The molecule has 1 rings (SSSR count). The van der Waals surface area contributed by atoms with Crippen LogP contribution in [0.1, 0.15) is 35.3 Å². The molecule has 2 nitrogen and oxygen atoms in total. The monoisotopic (exact) mass is 278 g/mol. The van der Waals surface area contributed by atoms with Crippen molar-refractivity contribution in [2.24, 2.45) is 0 Å². The topological polar surface area (TPSA) is 37.3 Å². The second-order valence-electron chi connectivity index (χ2n) is 4.04. The summed E-state index contributed by atoms with van der Waals surface area (Å²) in [5.41, 5.74) is -1.21. The fourth-order valence-corrected chi connectivity index (χ4v) is 2.07. The van der Waals surface area contributed by atoms with Crippen LogP contribution in [0.15, 0.2) is 18.2 Å². The lowest BCUT2D eigenvalue weighted by Gasteiger charge is -2.12. The molecule has 100 valence electrons. The predicted octanol–water partition coefficient (Wildman–Crippen LogP) is 4.05. The maximum Gasteiger partial charge on any atom is 0.417 e. The Morgan fingerprint density at radius 1 is 1.39 bits per heavy atom. The summed E-state index contributed by atoms with van der Waals surface area (Å²) >= 11 is 1.54. The third-order valence-corrected chi connectivity index (χ3v) is 3.37. The van der Waals surface area contributed by atoms with Gasteiger partial charge in [-0.3, -0.25) is 0 Å². The fourth-order valence-electron chi connectivity index (χ4n) is 1.37. The first-order chi connectivity index (χ1) is 8.21. The number of carboxylic acids is 1. The van der Waals surface area contributed by atoms with Crippen LogP contribution in [0.2, 0.25) is 0 Å². The summed E-state index contributed by atoms with van der Waals surface area (Å²) in [5.74, 6) is -1.06. The predicted molar refractivity (Wildman–Crippen MR) is 64.8 cm³/mol. The second kappa shape index (κ2) is 5.65. The maximum atomic E-state index is 12.6. The van der Waals surface area contributed by atoms with Crippen LogP contribution in [-0.4, -0.2) is 16.3 Å². The first-order valence-electron chi connectivity index (χ1n) is 5.27. The van der Waals surface area contributed by atoms with E-state index in [4.69, 9.17) is 5.11 Å². The first-order valence-corrected chi connectivity index (χ1v) is 6.31. The molecule has 0 aliphatic heterocycles. The molecule has 1 aromatic carbocycles. The van der Waals surface area contributed by atoms with Crippen LogP contribution < -0.4 is 0 Å². The number of carbonyl (C=O) groups is 1. The minimum Gasteiger partial charge on any atom is -0.478 e. The average Bonchev–Trinajstić information content (AvgIpc) is 2.24. The third kappa shape index (κ3) is 3.94.